The van der Waals surface area contributed by atoms with Crippen LogP contribution in [0.5, 0.6) is 0 Å². The van der Waals surface area contributed by atoms with Crippen LogP contribution < -0.4 is 0 Å². The van der Waals surface area contributed by atoms with Crippen LogP contribution in [-0.4, -0.2) is 18.1 Å². The Labute approximate surface area is 96.8 Å². The number of carbonyl (C=O) groups excluding carboxylic acids is 1. The Morgan fingerprint density at radius 2 is 2.25 bits per heavy atom. The molecule has 0 fully saturated rings. The van der Waals surface area contributed by atoms with Crippen molar-refractivity contribution in [3.05, 3.63) is 29.6 Å². The summed E-state index contributed by atoms with van der Waals surface area (Å²) in [7, 11) is 1.44. The van der Waals surface area contributed by atoms with E-state index in [0.29, 0.717) is 0 Å². The lowest BCUT2D eigenvalue weighted by Gasteiger charge is -2.14. The molecule has 0 aliphatic carbocycles. The summed E-state index contributed by atoms with van der Waals surface area (Å²) in [6.07, 6.45) is 6.47. The summed E-state index contributed by atoms with van der Waals surface area (Å²) in [5.74, 6) is -0.335. The van der Waals surface area contributed by atoms with Gasteiger partial charge in [-0.2, -0.15) is 0 Å². The number of hydrogen-bond acceptors (Lipinski definition) is 3. The van der Waals surface area contributed by atoms with Gasteiger partial charge in [0.2, 0.25) is 0 Å². The molecule has 0 bridgehead atoms. The molecule has 0 N–H and O–H groups in total. The molecular weight excluding hydrogens is 202 g/mol. The molecule has 0 aliphatic heterocycles. The van der Waals surface area contributed by atoms with Gasteiger partial charge in [0, 0.05) is 12.4 Å². The van der Waals surface area contributed by atoms with E-state index in [4.69, 9.17) is 4.74 Å². The summed E-state index contributed by atoms with van der Waals surface area (Å²) in [4.78, 5) is 15.8. The smallest absolute Gasteiger partial charge is 0.313 e. The largest absolute Gasteiger partial charge is 0.469 e. The second-order valence-corrected chi connectivity index (χ2v) is 4.01. The number of carbonyl (C=O) groups is 1. The number of ether oxygens (including phenoxy) is 1. The highest BCUT2D eigenvalue weighted by molar-refractivity contribution is 5.77. The van der Waals surface area contributed by atoms with Crippen molar-refractivity contribution >= 4 is 5.97 Å². The molecule has 0 saturated heterocycles. The Morgan fingerprint density at radius 3 is 2.81 bits per heavy atom. The van der Waals surface area contributed by atoms with E-state index < -0.39 is 0 Å². The van der Waals surface area contributed by atoms with Crippen molar-refractivity contribution in [2.24, 2.45) is 0 Å². The third kappa shape index (κ3) is 3.33. The van der Waals surface area contributed by atoms with Crippen LogP contribution in [0.25, 0.3) is 0 Å². The van der Waals surface area contributed by atoms with Crippen LogP contribution in [0.15, 0.2) is 18.5 Å². The van der Waals surface area contributed by atoms with E-state index in [1.54, 1.807) is 12.4 Å². The van der Waals surface area contributed by atoms with Gasteiger partial charge in [-0.1, -0.05) is 25.8 Å². The number of nitrogens with zero attached hydrogens (tertiary/aromatic N) is 1. The average Bonchev–Trinajstić information content (AvgIpc) is 2.29. The quantitative estimate of drug-likeness (QED) is 0.718. The van der Waals surface area contributed by atoms with Crippen molar-refractivity contribution < 1.29 is 9.53 Å². The van der Waals surface area contributed by atoms with Crippen LogP contribution in [0, 0.1) is 6.92 Å². The number of rotatable bonds is 5. The Hall–Kier alpha value is -1.38. The van der Waals surface area contributed by atoms with Crippen LogP contribution in [0.4, 0.5) is 0 Å². The summed E-state index contributed by atoms with van der Waals surface area (Å²) in [5, 5.41) is 0. The van der Waals surface area contributed by atoms with E-state index in [1.807, 2.05) is 13.0 Å². The first kappa shape index (κ1) is 12.7. The number of methoxy groups -OCH3 is 1. The van der Waals surface area contributed by atoms with Crippen molar-refractivity contribution in [1.82, 2.24) is 4.98 Å². The third-order valence-corrected chi connectivity index (χ3v) is 2.63. The lowest BCUT2D eigenvalue weighted by atomic mass is 9.94. The van der Waals surface area contributed by atoms with Gasteiger partial charge in [0.05, 0.1) is 13.0 Å². The molecule has 0 radical (unpaired) electrons. The maximum atomic E-state index is 11.7. The molecule has 1 unspecified atom stereocenters. The second-order valence-electron chi connectivity index (χ2n) is 4.01. The first-order valence-electron chi connectivity index (χ1n) is 5.68. The molecule has 0 aromatic carbocycles. The van der Waals surface area contributed by atoms with Crippen molar-refractivity contribution in [3.8, 4) is 0 Å². The van der Waals surface area contributed by atoms with E-state index in [2.05, 4.69) is 11.9 Å². The Kier molecular flexibility index (Phi) is 4.96. The van der Waals surface area contributed by atoms with Gasteiger partial charge in [-0.15, -0.1) is 0 Å². The van der Waals surface area contributed by atoms with Crippen LogP contribution in [0.2, 0.25) is 0 Å². The van der Waals surface area contributed by atoms with Crippen molar-refractivity contribution in [3.63, 3.8) is 0 Å². The monoisotopic (exact) mass is 221 g/mol. The zero-order chi connectivity index (χ0) is 12.0. The van der Waals surface area contributed by atoms with Gasteiger partial charge in [0.25, 0.3) is 0 Å². The minimum Gasteiger partial charge on any atom is -0.469 e. The van der Waals surface area contributed by atoms with Crippen LogP contribution in [0.1, 0.15) is 43.2 Å². The topological polar surface area (TPSA) is 39.2 Å². The van der Waals surface area contributed by atoms with E-state index in [-0.39, 0.29) is 11.9 Å². The number of aryl methyl sites for hydroxylation is 1. The highest BCUT2D eigenvalue weighted by Crippen LogP contribution is 2.23. The molecule has 88 valence electrons. The first-order chi connectivity index (χ1) is 7.69. The summed E-state index contributed by atoms with van der Waals surface area (Å²) in [5.41, 5.74) is 2.03. The van der Waals surface area contributed by atoms with Gasteiger partial charge in [-0.3, -0.25) is 9.78 Å². The standard InChI is InChI=1S/C13H19NO2/c1-4-5-6-12(13(15)16-3)11-7-10(2)8-14-9-11/h7-9,12H,4-6H2,1-3H3. The van der Waals surface area contributed by atoms with Gasteiger partial charge < -0.3 is 4.74 Å². The molecule has 0 aliphatic rings. The molecule has 1 heterocycles. The lowest BCUT2D eigenvalue weighted by Crippen LogP contribution is -2.14. The molecule has 1 atom stereocenters. The van der Waals surface area contributed by atoms with Crippen molar-refractivity contribution in [2.45, 2.75) is 39.0 Å². The molecule has 1 aromatic rings. The molecular formula is C13H19NO2. The molecule has 0 saturated carbocycles. The van der Waals surface area contributed by atoms with E-state index in [9.17, 15) is 4.79 Å². The number of esters is 1. The predicted molar refractivity (Wildman–Crippen MR) is 63.3 cm³/mol. The van der Waals surface area contributed by atoms with Gasteiger partial charge in [-0.25, -0.2) is 0 Å². The summed E-state index contributed by atoms with van der Waals surface area (Å²) >= 11 is 0. The van der Waals surface area contributed by atoms with Gasteiger partial charge in [0.15, 0.2) is 0 Å². The maximum absolute atomic E-state index is 11.7. The van der Waals surface area contributed by atoms with Crippen LogP contribution >= 0.6 is 0 Å². The van der Waals surface area contributed by atoms with Crippen molar-refractivity contribution in [1.29, 1.82) is 0 Å². The molecule has 0 spiro atoms. The second kappa shape index (κ2) is 6.26. The molecule has 3 nitrogen and oxygen atoms in total. The van der Waals surface area contributed by atoms with Crippen molar-refractivity contribution in [2.75, 3.05) is 7.11 Å². The summed E-state index contributed by atoms with van der Waals surface area (Å²) in [6, 6.07) is 2.00. The molecule has 1 rings (SSSR count). The van der Waals surface area contributed by atoms with Gasteiger partial charge in [-0.05, 0) is 24.5 Å². The molecule has 16 heavy (non-hydrogen) atoms. The summed E-state index contributed by atoms with van der Waals surface area (Å²) < 4.78 is 4.84. The molecule has 3 heteroatoms. The van der Waals surface area contributed by atoms with Gasteiger partial charge in [0.1, 0.15) is 0 Å². The van der Waals surface area contributed by atoms with Crippen LogP contribution in [-0.2, 0) is 9.53 Å². The highest BCUT2D eigenvalue weighted by Gasteiger charge is 2.20. The Bertz CT molecular complexity index is 350. The zero-order valence-corrected chi connectivity index (χ0v) is 10.2. The van der Waals surface area contributed by atoms with E-state index in [1.165, 1.54) is 7.11 Å². The maximum Gasteiger partial charge on any atom is 0.313 e. The fourth-order valence-corrected chi connectivity index (χ4v) is 1.74. The number of aromatic nitrogens is 1. The summed E-state index contributed by atoms with van der Waals surface area (Å²) in [6.45, 7) is 4.09. The van der Waals surface area contributed by atoms with Gasteiger partial charge >= 0.3 is 5.97 Å². The predicted octanol–water partition coefficient (Wildman–Crippen LogP) is 2.84. The lowest BCUT2D eigenvalue weighted by molar-refractivity contribution is -0.142. The number of hydrogen-bond donors (Lipinski definition) is 0. The minimum atomic E-state index is -0.169. The van der Waals surface area contributed by atoms with E-state index >= 15 is 0 Å². The molecule has 0 amide bonds. The SMILES string of the molecule is CCCCC(C(=O)OC)c1cncc(C)c1. The fourth-order valence-electron chi connectivity index (χ4n) is 1.74. The first-order valence-corrected chi connectivity index (χ1v) is 5.68. The zero-order valence-electron chi connectivity index (χ0n) is 10.2. The Balaban J connectivity index is 2.87. The number of unbranched alkanes of at least 4 members (excludes halogenated alkanes) is 1. The normalized spacial score (nSPS) is 12.2. The number of pyridine rings is 1. The van der Waals surface area contributed by atoms with Crippen LogP contribution in [0.3, 0.4) is 0 Å². The highest BCUT2D eigenvalue weighted by atomic mass is 16.5. The third-order valence-electron chi connectivity index (χ3n) is 2.63. The fraction of sp³-hybridized carbons (Fsp3) is 0.538. The van der Waals surface area contributed by atoms with E-state index in [0.717, 1.165) is 30.4 Å². The minimum absolute atomic E-state index is 0.166. The average molecular weight is 221 g/mol. The Morgan fingerprint density at radius 1 is 1.50 bits per heavy atom. The molecule has 1 aromatic heterocycles.